The molecular formula is C16H16Cl2N4O2. The molecule has 1 aromatic carbocycles. The summed E-state index contributed by atoms with van der Waals surface area (Å²) in [5.41, 5.74) is 1.39. The van der Waals surface area contributed by atoms with Gasteiger partial charge in [-0.15, -0.1) is 0 Å². The number of rotatable bonds is 4. The van der Waals surface area contributed by atoms with E-state index in [1.807, 2.05) is 0 Å². The minimum Gasteiger partial charge on any atom is -0.332 e. The fourth-order valence-electron chi connectivity index (χ4n) is 1.83. The minimum atomic E-state index is -0.346. The summed E-state index contributed by atoms with van der Waals surface area (Å²) in [6.07, 6.45) is 1.51. The zero-order chi connectivity index (χ0) is 17.7. The molecule has 0 spiro atoms. The quantitative estimate of drug-likeness (QED) is 0.870. The van der Waals surface area contributed by atoms with Crippen molar-refractivity contribution in [2.24, 2.45) is 0 Å². The van der Waals surface area contributed by atoms with E-state index in [1.54, 1.807) is 44.4 Å². The number of anilines is 1. The standard InChI is InChI=1S/C16H16Cl2N4O2/c1-22(2)16(24)20-9-12-7-10(5-6-19-12)15(23)21-14-8-11(17)3-4-13(14)18/h3-8H,9H2,1-2H3,(H,20,24)(H,21,23). The van der Waals surface area contributed by atoms with Gasteiger partial charge in [0.05, 0.1) is 22.9 Å². The highest BCUT2D eigenvalue weighted by molar-refractivity contribution is 6.35. The highest BCUT2D eigenvalue weighted by Gasteiger charge is 2.11. The Kier molecular flexibility index (Phi) is 6.00. The summed E-state index contributed by atoms with van der Waals surface area (Å²) in [5, 5.41) is 6.24. The molecule has 3 amide bonds. The van der Waals surface area contributed by atoms with Crippen LogP contribution in [0, 0.1) is 0 Å². The van der Waals surface area contributed by atoms with E-state index in [2.05, 4.69) is 15.6 Å². The first-order valence-electron chi connectivity index (χ1n) is 7.03. The molecule has 1 aromatic heterocycles. The molecular weight excluding hydrogens is 351 g/mol. The molecule has 0 bridgehead atoms. The average Bonchev–Trinajstić information content (AvgIpc) is 2.56. The van der Waals surface area contributed by atoms with Crippen molar-refractivity contribution >= 4 is 40.8 Å². The molecule has 1 heterocycles. The van der Waals surface area contributed by atoms with Crippen molar-refractivity contribution in [1.29, 1.82) is 0 Å². The summed E-state index contributed by atoms with van der Waals surface area (Å²) in [5.74, 6) is -0.346. The summed E-state index contributed by atoms with van der Waals surface area (Å²) >= 11 is 11.9. The number of nitrogens with one attached hydrogen (secondary N) is 2. The van der Waals surface area contributed by atoms with Gasteiger partial charge in [-0.25, -0.2) is 4.79 Å². The van der Waals surface area contributed by atoms with Crippen molar-refractivity contribution in [1.82, 2.24) is 15.2 Å². The van der Waals surface area contributed by atoms with Gasteiger partial charge in [-0.2, -0.15) is 0 Å². The van der Waals surface area contributed by atoms with Gasteiger partial charge in [-0.1, -0.05) is 23.2 Å². The van der Waals surface area contributed by atoms with E-state index in [4.69, 9.17) is 23.2 Å². The van der Waals surface area contributed by atoms with Crippen molar-refractivity contribution in [3.05, 3.63) is 57.8 Å². The Morgan fingerprint density at radius 1 is 1.17 bits per heavy atom. The molecule has 8 heteroatoms. The van der Waals surface area contributed by atoms with Crippen LogP contribution in [0.4, 0.5) is 10.5 Å². The van der Waals surface area contributed by atoms with Crippen LogP contribution < -0.4 is 10.6 Å². The predicted octanol–water partition coefficient (Wildman–Crippen LogP) is 3.41. The third-order valence-electron chi connectivity index (χ3n) is 3.08. The lowest BCUT2D eigenvalue weighted by Gasteiger charge is -2.12. The normalized spacial score (nSPS) is 10.2. The zero-order valence-corrected chi connectivity index (χ0v) is 14.6. The molecule has 0 saturated carbocycles. The molecule has 24 heavy (non-hydrogen) atoms. The monoisotopic (exact) mass is 366 g/mol. The molecule has 126 valence electrons. The number of hydrogen-bond donors (Lipinski definition) is 2. The van der Waals surface area contributed by atoms with Gasteiger partial charge in [0.25, 0.3) is 5.91 Å². The van der Waals surface area contributed by atoms with Gasteiger partial charge in [0.1, 0.15) is 0 Å². The van der Waals surface area contributed by atoms with E-state index in [-0.39, 0.29) is 18.5 Å². The number of nitrogens with zero attached hydrogens (tertiary/aromatic N) is 2. The van der Waals surface area contributed by atoms with Crippen LogP contribution in [0.2, 0.25) is 10.0 Å². The maximum absolute atomic E-state index is 12.3. The number of pyridine rings is 1. The Morgan fingerprint density at radius 3 is 2.62 bits per heavy atom. The van der Waals surface area contributed by atoms with Crippen LogP contribution >= 0.6 is 23.2 Å². The lowest BCUT2D eigenvalue weighted by atomic mass is 10.2. The second kappa shape index (κ2) is 7.99. The molecule has 0 atom stereocenters. The van der Waals surface area contributed by atoms with Crippen LogP contribution in [0.15, 0.2) is 36.5 Å². The molecule has 2 N–H and O–H groups in total. The Hall–Kier alpha value is -2.31. The minimum absolute atomic E-state index is 0.218. The van der Waals surface area contributed by atoms with Crippen LogP contribution in [-0.2, 0) is 6.54 Å². The summed E-state index contributed by atoms with van der Waals surface area (Å²) in [6.45, 7) is 0.218. The summed E-state index contributed by atoms with van der Waals surface area (Å²) < 4.78 is 0. The van der Waals surface area contributed by atoms with Crippen molar-refractivity contribution in [3.8, 4) is 0 Å². The van der Waals surface area contributed by atoms with Gasteiger partial charge in [0.15, 0.2) is 0 Å². The molecule has 0 fully saturated rings. The maximum Gasteiger partial charge on any atom is 0.317 e. The lowest BCUT2D eigenvalue weighted by Crippen LogP contribution is -2.34. The number of halogens is 2. The third-order valence-corrected chi connectivity index (χ3v) is 3.65. The van der Waals surface area contributed by atoms with E-state index in [1.165, 1.54) is 11.1 Å². The molecule has 0 radical (unpaired) electrons. The molecule has 0 aliphatic rings. The smallest absolute Gasteiger partial charge is 0.317 e. The van der Waals surface area contributed by atoms with Gasteiger partial charge < -0.3 is 15.5 Å². The second-order valence-electron chi connectivity index (χ2n) is 5.17. The number of carbonyl (C=O) groups excluding carboxylic acids is 2. The third kappa shape index (κ3) is 4.84. The average molecular weight is 367 g/mol. The Morgan fingerprint density at radius 2 is 1.92 bits per heavy atom. The number of aromatic nitrogens is 1. The van der Waals surface area contributed by atoms with Gasteiger partial charge >= 0.3 is 6.03 Å². The van der Waals surface area contributed by atoms with E-state index in [0.717, 1.165) is 0 Å². The topological polar surface area (TPSA) is 74.3 Å². The number of carbonyl (C=O) groups is 2. The molecule has 0 unspecified atom stereocenters. The summed E-state index contributed by atoms with van der Waals surface area (Å²) in [6, 6.07) is 7.75. The number of urea groups is 1. The Bertz CT molecular complexity index is 765. The van der Waals surface area contributed by atoms with Crippen LogP contribution in [0.5, 0.6) is 0 Å². The molecule has 2 rings (SSSR count). The predicted molar refractivity (Wildman–Crippen MR) is 94.6 cm³/mol. The molecule has 0 saturated heterocycles. The van der Waals surface area contributed by atoms with Crippen LogP contribution in [-0.4, -0.2) is 35.9 Å². The highest BCUT2D eigenvalue weighted by Crippen LogP contribution is 2.25. The zero-order valence-electron chi connectivity index (χ0n) is 13.1. The van der Waals surface area contributed by atoms with Crippen molar-refractivity contribution in [2.75, 3.05) is 19.4 Å². The van der Waals surface area contributed by atoms with Gasteiger partial charge in [0.2, 0.25) is 0 Å². The molecule has 2 aromatic rings. The lowest BCUT2D eigenvalue weighted by molar-refractivity contribution is 0.102. The number of hydrogen-bond acceptors (Lipinski definition) is 3. The van der Waals surface area contributed by atoms with Gasteiger partial charge in [0, 0.05) is 30.9 Å². The second-order valence-corrected chi connectivity index (χ2v) is 6.01. The highest BCUT2D eigenvalue weighted by atomic mass is 35.5. The molecule has 0 aliphatic carbocycles. The van der Waals surface area contributed by atoms with E-state index < -0.39 is 0 Å². The molecule has 6 nitrogen and oxygen atoms in total. The summed E-state index contributed by atoms with van der Waals surface area (Å²) in [7, 11) is 3.28. The number of benzene rings is 1. The van der Waals surface area contributed by atoms with Crippen LogP contribution in [0.25, 0.3) is 0 Å². The first-order valence-corrected chi connectivity index (χ1v) is 7.79. The first-order chi connectivity index (χ1) is 11.4. The summed E-state index contributed by atoms with van der Waals surface area (Å²) in [4.78, 5) is 29.4. The SMILES string of the molecule is CN(C)C(=O)NCc1cc(C(=O)Nc2cc(Cl)ccc2Cl)ccn1. The largest absolute Gasteiger partial charge is 0.332 e. The van der Waals surface area contributed by atoms with Crippen LogP contribution in [0.1, 0.15) is 16.1 Å². The fraction of sp³-hybridized carbons (Fsp3) is 0.188. The van der Waals surface area contributed by atoms with Gasteiger partial charge in [-0.05, 0) is 30.3 Å². The van der Waals surface area contributed by atoms with Crippen molar-refractivity contribution in [3.63, 3.8) is 0 Å². The number of amides is 3. The van der Waals surface area contributed by atoms with E-state index in [0.29, 0.717) is 27.0 Å². The fourth-order valence-corrected chi connectivity index (χ4v) is 2.17. The van der Waals surface area contributed by atoms with E-state index in [9.17, 15) is 9.59 Å². The van der Waals surface area contributed by atoms with Crippen molar-refractivity contribution < 1.29 is 9.59 Å². The van der Waals surface area contributed by atoms with Gasteiger partial charge in [-0.3, -0.25) is 9.78 Å². The molecule has 0 aliphatic heterocycles. The van der Waals surface area contributed by atoms with E-state index >= 15 is 0 Å². The Labute approximate surface area is 149 Å². The maximum atomic E-state index is 12.3. The Balaban J connectivity index is 2.08. The first kappa shape index (κ1) is 18.0. The van der Waals surface area contributed by atoms with Crippen LogP contribution in [0.3, 0.4) is 0 Å². The van der Waals surface area contributed by atoms with Crippen molar-refractivity contribution in [2.45, 2.75) is 6.54 Å².